The van der Waals surface area contributed by atoms with Crippen molar-refractivity contribution in [1.82, 2.24) is 34.6 Å². The number of imidazole rings is 1. The number of amides is 2. The Morgan fingerprint density at radius 1 is 1.26 bits per heavy atom. The number of carbonyl (C=O) groups excluding carboxylic acids is 1. The molecule has 31 heavy (non-hydrogen) atoms. The molecule has 2 N–H and O–H groups in total. The molecule has 4 aromatic heterocycles. The highest BCUT2D eigenvalue weighted by Crippen LogP contribution is 2.26. The van der Waals surface area contributed by atoms with Crippen molar-refractivity contribution >= 4 is 17.5 Å². The van der Waals surface area contributed by atoms with Crippen LogP contribution in [0.3, 0.4) is 0 Å². The average Bonchev–Trinajstić information content (AvgIpc) is 3.38. The molecule has 10 heteroatoms. The Morgan fingerprint density at radius 2 is 2.13 bits per heavy atom. The van der Waals surface area contributed by atoms with Gasteiger partial charge in [-0.3, -0.25) is 14.7 Å². The summed E-state index contributed by atoms with van der Waals surface area (Å²) in [5.74, 6) is 1.27. The van der Waals surface area contributed by atoms with Gasteiger partial charge < -0.3 is 14.6 Å². The van der Waals surface area contributed by atoms with Crippen LogP contribution in [0.15, 0.2) is 47.5 Å². The van der Waals surface area contributed by atoms with Crippen molar-refractivity contribution in [3.05, 3.63) is 48.7 Å². The zero-order valence-electron chi connectivity index (χ0n) is 17.7. The van der Waals surface area contributed by atoms with Gasteiger partial charge in [0, 0.05) is 43.5 Å². The molecule has 0 spiro atoms. The van der Waals surface area contributed by atoms with E-state index in [4.69, 9.17) is 9.40 Å². The van der Waals surface area contributed by atoms with E-state index in [1.807, 2.05) is 39.2 Å². The maximum atomic E-state index is 11.9. The first-order valence-corrected chi connectivity index (χ1v) is 9.98. The Kier molecular flexibility index (Phi) is 5.89. The predicted molar refractivity (Wildman–Crippen MR) is 117 cm³/mol. The highest BCUT2D eigenvalue weighted by atomic mass is 16.3. The molecule has 0 aliphatic carbocycles. The number of oxazole rings is 1. The van der Waals surface area contributed by atoms with E-state index in [-0.39, 0.29) is 6.03 Å². The summed E-state index contributed by atoms with van der Waals surface area (Å²) in [6, 6.07) is 5.28. The summed E-state index contributed by atoms with van der Waals surface area (Å²) >= 11 is 0. The number of pyridine rings is 1. The molecule has 0 aliphatic rings. The van der Waals surface area contributed by atoms with E-state index >= 15 is 0 Å². The zero-order chi connectivity index (χ0) is 21.8. The molecule has 0 radical (unpaired) electrons. The molecule has 4 rings (SSSR count). The van der Waals surface area contributed by atoms with Crippen molar-refractivity contribution in [2.45, 2.75) is 13.3 Å². The van der Waals surface area contributed by atoms with Gasteiger partial charge in [0.2, 0.25) is 5.82 Å². The Labute approximate surface area is 179 Å². The number of anilines is 1. The molecule has 0 aliphatic heterocycles. The van der Waals surface area contributed by atoms with Crippen molar-refractivity contribution in [3.63, 3.8) is 0 Å². The molecular formula is C21H24N8O2. The fourth-order valence-electron chi connectivity index (χ4n) is 3.05. The van der Waals surface area contributed by atoms with Crippen LogP contribution >= 0.6 is 0 Å². The van der Waals surface area contributed by atoms with Gasteiger partial charge in [0.25, 0.3) is 5.89 Å². The number of nitrogens with one attached hydrogen (secondary N) is 2. The van der Waals surface area contributed by atoms with Crippen LogP contribution in [0.1, 0.15) is 12.6 Å². The third kappa shape index (κ3) is 4.69. The minimum absolute atomic E-state index is 0.324. The smallest absolute Gasteiger partial charge is 0.320 e. The van der Waals surface area contributed by atoms with Gasteiger partial charge in [0.05, 0.1) is 17.6 Å². The van der Waals surface area contributed by atoms with Crippen molar-refractivity contribution in [2.75, 3.05) is 32.5 Å². The molecule has 10 nitrogen and oxygen atoms in total. The number of aromatic nitrogens is 5. The number of nitrogens with zero attached hydrogens (tertiary/aromatic N) is 6. The lowest BCUT2D eigenvalue weighted by atomic mass is 10.2. The summed E-state index contributed by atoms with van der Waals surface area (Å²) in [5.41, 5.74) is 2.96. The van der Waals surface area contributed by atoms with E-state index in [1.54, 1.807) is 29.3 Å². The van der Waals surface area contributed by atoms with Crippen molar-refractivity contribution in [3.8, 4) is 23.0 Å². The van der Waals surface area contributed by atoms with Gasteiger partial charge in [0.15, 0.2) is 5.82 Å². The number of fused-ring (bicyclic) bond motifs is 1. The summed E-state index contributed by atoms with van der Waals surface area (Å²) < 4.78 is 7.51. The fraction of sp³-hybridized carbons (Fsp3) is 0.286. The number of carbonyl (C=O) groups is 1. The molecule has 0 unspecified atom stereocenters. The highest BCUT2D eigenvalue weighted by Gasteiger charge is 2.17. The number of likely N-dealkylation sites (N-methyl/N-ethyl adjacent to an activating group) is 1. The van der Waals surface area contributed by atoms with E-state index in [0.717, 1.165) is 24.2 Å². The van der Waals surface area contributed by atoms with Gasteiger partial charge in [-0.1, -0.05) is 0 Å². The monoisotopic (exact) mass is 420 g/mol. The lowest BCUT2D eigenvalue weighted by Gasteiger charge is -2.06. The van der Waals surface area contributed by atoms with E-state index in [9.17, 15) is 4.79 Å². The molecule has 2 amide bonds. The number of hydrogen-bond acceptors (Lipinski definition) is 7. The largest absolute Gasteiger partial charge is 0.442 e. The van der Waals surface area contributed by atoms with Gasteiger partial charge in [-0.2, -0.15) is 0 Å². The third-order valence-corrected chi connectivity index (χ3v) is 4.55. The lowest BCUT2D eigenvalue weighted by molar-refractivity contribution is 0.252. The van der Waals surface area contributed by atoms with Crippen LogP contribution in [-0.4, -0.2) is 62.5 Å². The van der Waals surface area contributed by atoms with Crippen LogP contribution in [0.5, 0.6) is 0 Å². The third-order valence-electron chi connectivity index (χ3n) is 4.55. The van der Waals surface area contributed by atoms with Gasteiger partial charge >= 0.3 is 6.03 Å². The average molecular weight is 420 g/mol. The van der Waals surface area contributed by atoms with Crippen LogP contribution in [0.4, 0.5) is 10.6 Å². The van der Waals surface area contributed by atoms with Gasteiger partial charge in [-0.15, -0.1) is 0 Å². The van der Waals surface area contributed by atoms with E-state index in [1.165, 1.54) is 0 Å². The maximum Gasteiger partial charge on any atom is 0.320 e. The first-order chi connectivity index (χ1) is 15.0. The van der Waals surface area contributed by atoms with Crippen LogP contribution in [0.2, 0.25) is 0 Å². The molecule has 0 saturated heterocycles. The standard InChI is InChI=1S/C21H24N8O2/c1-4-23-21(30)27-17-12-29-18(26-17)10-16(14-6-5-8-22-11-14)25-19(29)20-24-15(13-31-20)7-9-28(2)3/h5-6,8,10-13H,4,7,9H2,1-3H3,(H2,23,27,30). The minimum Gasteiger partial charge on any atom is -0.442 e. The topological polar surface area (TPSA) is 113 Å². The van der Waals surface area contributed by atoms with Crippen molar-refractivity contribution in [2.24, 2.45) is 0 Å². The van der Waals surface area contributed by atoms with Crippen LogP contribution < -0.4 is 10.6 Å². The second-order valence-electron chi connectivity index (χ2n) is 7.24. The van der Waals surface area contributed by atoms with Gasteiger partial charge in [0.1, 0.15) is 11.9 Å². The molecule has 4 heterocycles. The minimum atomic E-state index is -0.324. The molecule has 0 fully saturated rings. The van der Waals surface area contributed by atoms with Crippen molar-refractivity contribution in [1.29, 1.82) is 0 Å². The second-order valence-corrected chi connectivity index (χ2v) is 7.24. The Bertz CT molecular complexity index is 1180. The fourth-order valence-corrected chi connectivity index (χ4v) is 3.05. The summed E-state index contributed by atoms with van der Waals surface area (Å²) in [6.45, 7) is 3.22. The highest BCUT2D eigenvalue weighted by molar-refractivity contribution is 5.88. The van der Waals surface area contributed by atoms with Crippen LogP contribution in [0, 0.1) is 0 Å². The number of urea groups is 1. The SMILES string of the molecule is CCNC(=O)Nc1cn2c(-c3nc(CCN(C)C)co3)nc(-c3cccnc3)cc2n1. The molecule has 4 aromatic rings. The Morgan fingerprint density at radius 3 is 2.87 bits per heavy atom. The molecule has 0 atom stereocenters. The Hall–Kier alpha value is -3.79. The summed E-state index contributed by atoms with van der Waals surface area (Å²) in [4.78, 5) is 32.1. The maximum absolute atomic E-state index is 11.9. The molecule has 0 aromatic carbocycles. The van der Waals surface area contributed by atoms with Crippen molar-refractivity contribution < 1.29 is 9.21 Å². The van der Waals surface area contributed by atoms with Gasteiger partial charge in [-0.05, 0) is 33.2 Å². The van der Waals surface area contributed by atoms with E-state index < -0.39 is 0 Å². The molecule has 0 bridgehead atoms. The van der Waals surface area contributed by atoms with Crippen LogP contribution in [-0.2, 0) is 6.42 Å². The van der Waals surface area contributed by atoms with E-state index in [0.29, 0.717) is 35.4 Å². The normalized spacial score (nSPS) is 11.2. The summed E-state index contributed by atoms with van der Waals surface area (Å²) in [7, 11) is 4.02. The number of rotatable bonds is 7. The Balaban J connectivity index is 1.77. The zero-order valence-corrected chi connectivity index (χ0v) is 17.7. The van der Waals surface area contributed by atoms with Crippen LogP contribution in [0.25, 0.3) is 28.6 Å². The molecule has 160 valence electrons. The first-order valence-electron chi connectivity index (χ1n) is 9.98. The predicted octanol–water partition coefficient (Wildman–Crippen LogP) is 2.69. The molecule has 0 saturated carbocycles. The first kappa shape index (κ1) is 20.5. The van der Waals surface area contributed by atoms with Gasteiger partial charge in [-0.25, -0.2) is 19.7 Å². The number of hydrogen-bond donors (Lipinski definition) is 2. The summed E-state index contributed by atoms with van der Waals surface area (Å²) in [5, 5.41) is 5.42. The molecular weight excluding hydrogens is 396 g/mol. The second kappa shape index (κ2) is 8.92. The quantitative estimate of drug-likeness (QED) is 0.472. The summed E-state index contributed by atoms with van der Waals surface area (Å²) in [6.07, 6.45) is 7.54. The lowest BCUT2D eigenvalue weighted by Crippen LogP contribution is -2.28. The van der Waals surface area contributed by atoms with E-state index in [2.05, 4.69) is 30.5 Å².